The highest BCUT2D eigenvalue weighted by molar-refractivity contribution is 5.78. The molecule has 0 radical (unpaired) electrons. The fourth-order valence-electron chi connectivity index (χ4n) is 2.06. The van der Waals surface area contributed by atoms with Crippen LogP contribution in [-0.2, 0) is 4.79 Å². The van der Waals surface area contributed by atoms with Crippen molar-refractivity contribution in [1.29, 1.82) is 0 Å². The van der Waals surface area contributed by atoms with E-state index in [2.05, 4.69) is 16.6 Å². The van der Waals surface area contributed by atoms with Gasteiger partial charge in [-0.25, -0.2) is 4.79 Å². The standard InChI is InChI=1S/C12H18N2O3/c1-3-9(2)14-11(17)13-8-12(10(15)16)6-4-5-7-12/h1,9H,4-8H2,2H3,(H,15,16)(H2,13,14,17). The van der Waals surface area contributed by atoms with E-state index in [-0.39, 0.29) is 12.6 Å². The van der Waals surface area contributed by atoms with Crippen LogP contribution in [-0.4, -0.2) is 29.7 Å². The molecule has 1 aliphatic carbocycles. The van der Waals surface area contributed by atoms with Crippen LogP contribution in [0.1, 0.15) is 32.6 Å². The SMILES string of the molecule is C#CC(C)NC(=O)NCC1(C(=O)O)CCCC1. The molecule has 2 amide bonds. The summed E-state index contributed by atoms with van der Waals surface area (Å²) in [4.78, 5) is 22.6. The van der Waals surface area contributed by atoms with Gasteiger partial charge in [-0.15, -0.1) is 6.42 Å². The maximum absolute atomic E-state index is 11.4. The van der Waals surface area contributed by atoms with Gasteiger partial charge in [0, 0.05) is 6.54 Å². The Morgan fingerprint density at radius 3 is 2.53 bits per heavy atom. The molecule has 0 spiro atoms. The van der Waals surface area contributed by atoms with Crippen LogP contribution < -0.4 is 10.6 Å². The molecule has 0 aromatic carbocycles. The van der Waals surface area contributed by atoms with Crippen LogP contribution in [0.4, 0.5) is 4.79 Å². The van der Waals surface area contributed by atoms with Gasteiger partial charge in [0.1, 0.15) is 0 Å². The molecule has 0 heterocycles. The van der Waals surface area contributed by atoms with Crippen LogP contribution >= 0.6 is 0 Å². The molecule has 0 saturated heterocycles. The Hall–Kier alpha value is -1.70. The monoisotopic (exact) mass is 238 g/mol. The van der Waals surface area contributed by atoms with Gasteiger partial charge < -0.3 is 15.7 Å². The molecule has 1 aliphatic rings. The molecule has 0 aliphatic heterocycles. The Labute approximate surface area is 101 Å². The number of carboxylic acid groups (broad SMARTS) is 1. The number of carbonyl (C=O) groups is 2. The molecule has 17 heavy (non-hydrogen) atoms. The third kappa shape index (κ3) is 3.38. The molecule has 1 rings (SSSR count). The number of aliphatic carboxylic acids is 1. The fourth-order valence-corrected chi connectivity index (χ4v) is 2.06. The zero-order chi connectivity index (χ0) is 12.9. The molecule has 1 unspecified atom stereocenters. The van der Waals surface area contributed by atoms with Crippen molar-refractivity contribution >= 4 is 12.0 Å². The molecule has 0 bridgehead atoms. The van der Waals surface area contributed by atoms with Gasteiger partial charge in [0.15, 0.2) is 0 Å². The highest BCUT2D eigenvalue weighted by Crippen LogP contribution is 2.37. The van der Waals surface area contributed by atoms with Crippen LogP contribution in [0.5, 0.6) is 0 Å². The van der Waals surface area contributed by atoms with Gasteiger partial charge in [0.05, 0.1) is 11.5 Å². The minimum atomic E-state index is -0.833. The predicted octanol–water partition coefficient (Wildman–Crippen LogP) is 0.952. The molecule has 3 N–H and O–H groups in total. The Balaban J connectivity index is 2.46. The summed E-state index contributed by atoms with van der Waals surface area (Å²) in [7, 11) is 0. The number of urea groups is 1. The number of rotatable bonds is 4. The average molecular weight is 238 g/mol. The lowest BCUT2D eigenvalue weighted by Gasteiger charge is -2.24. The highest BCUT2D eigenvalue weighted by Gasteiger charge is 2.41. The fraction of sp³-hybridized carbons (Fsp3) is 0.667. The third-order valence-electron chi connectivity index (χ3n) is 3.20. The van der Waals surface area contributed by atoms with Crippen molar-refractivity contribution in [3.8, 4) is 12.3 Å². The van der Waals surface area contributed by atoms with E-state index < -0.39 is 17.4 Å². The van der Waals surface area contributed by atoms with Crippen molar-refractivity contribution in [2.75, 3.05) is 6.54 Å². The zero-order valence-corrected chi connectivity index (χ0v) is 9.95. The Morgan fingerprint density at radius 1 is 1.47 bits per heavy atom. The van der Waals surface area contributed by atoms with Crippen molar-refractivity contribution < 1.29 is 14.7 Å². The van der Waals surface area contributed by atoms with Gasteiger partial charge >= 0.3 is 12.0 Å². The van der Waals surface area contributed by atoms with Crippen molar-refractivity contribution in [2.24, 2.45) is 5.41 Å². The van der Waals surface area contributed by atoms with E-state index in [1.807, 2.05) is 0 Å². The normalized spacial score (nSPS) is 19.1. The van der Waals surface area contributed by atoms with E-state index in [4.69, 9.17) is 6.42 Å². The summed E-state index contributed by atoms with van der Waals surface area (Å²) in [5, 5.41) is 14.3. The molecular weight excluding hydrogens is 220 g/mol. The first kappa shape index (κ1) is 13.4. The number of carbonyl (C=O) groups excluding carboxylic acids is 1. The minimum Gasteiger partial charge on any atom is -0.481 e. The lowest BCUT2D eigenvalue weighted by atomic mass is 9.86. The summed E-state index contributed by atoms with van der Waals surface area (Å²) in [6.07, 6.45) is 8.16. The largest absolute Gasteiger partial charge is 0.481 e. The van der Waals surface area contributed by atoms with Crippen LogP contribution in [0.2, 0.25) is 0 Å². The van der Waals surface area contributed by atoms with Gasteiger partial charge in [0.25, 0.3) is 0 Å². The molecule has 1 saturated carbocycles. The third-order valence-corrected chi connectivity index (χ3v) is 3.20. The summed E-state index contributed by atoms with van der Waals surface area (Å²) in [5.41, 5.74) is -0.795. The first-order chi connectivity index (χ1) is 8.00. The highest BCUT2D eigenvalue weighted by atomic mass is 16.4. The summed E-state index contributed by atoms with van der Waals surface area (Å²) >= 11 is 0. The molecule has 0 aromatic heterocycles. The minimum absolute atomic E-state index is 0.158. The quantitative estimate of drug-likeness (QED) is 0.638. The lowest BCUT2D eigenvalue weighted by molar-refractivity contribution is -0.148. The topological polar surface area (TPSA) is 78.4 Å². The molecule has 0 aromatic rings. The van der Waals surface area contributed by atoms with Crippen molar-refractivity contribution in [3.05, 3.63) is 0 Å². The molecular formula is C12H18N2O3. The predicted molar refractivity (Wildman–Crippen MR) is 63.4 cm³/mol. The number of carboxylic acids is 1. The number of hydrogen-bond acceptors (Lipinski definition) is 2. The van der Waals surface area contributed by atoms with E-state index in [9.17, 15) is 14.7 Å². The van der Waals surface area contributed by atoms with Crippen LogP contribution in [0.15, 0.2) is 0 Å². The van der Waals surface area contributed by atoms with Crippen molar-refractivity contribution in [1.82, 2.24) is 10.6 Å². The Morgan fingerprint density at radius 2 is 2.06 bits per heavy atom. The van der Waals surface area contributed by atoms with Gasteiger partial charge in [-0.05, 0) is 19.8 Å². The first-order valence-corrected chi connectivity index (χ1v) is 5.74. The number of amides is 2. The summed E-state index contributed by atoms with van der Waals surface area (Å²) in [6.45, 7) is 1.84. The smallest absolute Gasteiger partial charge is 0.315 e. The zero-order valence-electron chi connectivity index (χ0n) is 9.95. The van der Waals surface area contributed by atoms with Crippen LogP contribution in [0, 0.1) is 17.8 Å². The van der Waals surface area contributed by atoms with Gasteiger partial charge in [-0.2, -0.15) is 0 Å². The van der Waals surface area contributed by atoms with Crippen molar-refractivity contribution in [3.63, 3.8) is 0 Å². The van der Waals surface area contributed by atoms with Crippen LogP contribution in [0.3, 0.4) is 0 Å². The van der Waals surface area contributed by atoms with Gasteiger partial charge in [-0.3, -0.25) is 4.79 Å². The van der Waals surface area contributed by atoms with E-state index in [1.54, 1.807) is 6.92 Å². The average Bonchev–Trinajstić information content (AvgIpc) is 2.76. The second kappa shape index (κ2) is 5.58. The Kier molecular flexibility index (Phi) is 4.38. The molecule has 5 nitrogen and oxygen atoms in total. The van der Waals surface area contributed by atoms with E-state index in [1.165, 1.54) is 0 Å². The number of terminal acetylenes is 1. The maximum atomic E-state index is 11.4. The summed E-state index contributed by atoms with van der Waals surface area (Å²) in [6, 6.07) is -0.776. The molecule has 94 valence electrons. The first-order valence-electron chi connectivity index (χ1n) is 5.74. The van der Waals surface area contributed by atoms with Crippen LogP contribution in [0.25, 0.3) is 0 Å². The van der Waals surface area contributed by atoms with Gasteiger partial charge in [-0.1, -0.05) is 18.8 Å². The molecule has 5 heteroatoms. The van der Waals surface area contributed by atoms with Gasteiger partial charge in [0.2, 0.25) is 0 Å². The Bertz CT molecular complexity index is 340. The maximum Gasteiger partial charge on any atom is 0.315 e. The van der Waals surface area contributed by atoms with E-state index in [0.717, 1.165) is 12.8 Å². The number of hydrogen-bond donors (Lipinski definition) is 3. The number of nitrogens with one attached hydrogen (secondary N) is 2. The second-order valence-electron chi connectivity index (χ2n) is 4.51. The van der Waals surface area contributed by atoms with E-state index >= 15 is 0 Å². The molecule has 1 fully saturated rings. The van der Waals surface area contributed by atoms with E-state index in [0.29, 0.717) is 12.8 Å². The van der Waals surface area contributed by atoms with Crippen molar-refractivity contribution in [2.45, 2.75) is 38.6 Å². The molecule has 1 atom stereocenters. The summed E-state index contributed by atoms with van der Waals surface area (Å²) in [5.74, 6) is 1.53. The second-order valence-corrected chi connectivity index (χ2v) is 4.51. The lowest BCUT2D eigenvalue weighted by Crippen LogP contribution is -2.46. The summed E-state index contributed by atoms with van der Waals surface area (Å²) < 4.78 is 0.